The Morgan fingerprint density at radius 2 is 2.16 bits per heavy atom. The molecule has 1 saturated carbocycles. The van der Waals surface area contributed by atoms with Gasteiger partial charge in [-0.1, -0.05) is 26.7 Å². The zero-order valence-corrected chi connectivity index (χ0v) is 12.5. The lowest BCUT2D eigenvalue weighted by atomic mass is 9.86. The quantitative estimate of drug-likeness (QED) is 0.905. The van der Waals surface area contributed by atoms with Gasteiger partial charge in [-0.25, -0.2) is 4.98 Å². The van der Waals surface area contributed by atoms with Crippen LogP contribution in [0.3, 0.4) is 0 Å². The van der Waals surface area contributed by atoms with Gasteiger partial charge in [-0.3, -0.25) is 0 Å². The Hall–Kier alpha value is -1.09. The van der Waals surface area contributed by atoms with Crippen LogP contribution in [0.4, 0.5) is 5.82 Å². The van der Waals surface area contributed by atoms with Crippen molar-refractivity contribution < 1.29 is 0 Å². The fourth-order valence-corrected chi connectivity index (χ4v) is 3.05. The molecule has 3 nitrogen and oxygen atoms in total. The number of pyridine rings is 1. The smallest absolute Gasteiger partial charge is 0.129 e. The van der Waals surface area contributed by atoms with E-state index in [0.717, 1.165) is 23.9 Å². The molecule has 1 heterocycles. The van der Waals surface area contributed by atoms with E-state index >= 15 is 0 Å². The van der Waals surface area contributed by atoms with Crippen molar-refractivity contribution in [3.8, 4) is 0 Å². The third kappa shape index (κ3) is 3.47. The molecule has 1 aliphatic carbocycles. The highest BCUT2D eigenvalue weighted by atomic mass is 15.2. The zero-order valence-electron chi connectivity index (χ0n) is 12.5. The van der Waals surface area contributed by atoms with E-state index in [-0.39, 0.29) is 0 Å². The SMILES string of the molecule is CCc1cc(CN)cc(N(C)C2CCCC(C)C2)n1. The van der Waals surface area contributed by atoms with Crippen LogP contribution in [-0.2, 0) is 13.0 Å². The van der Waals surface area contributed by atoms with Crippen LogP contribution in [-0.4, -0.2) is 18.1 Å². The lowest BCUT2D eigenvalue weighted by Gasteiger charge is -2.35. The second kappa shape index (κ2) is 6.38. The Balaban J connectivity index is 2.19. The van der Waals surface area contributed by atoms with Gasteiger partial charge in [-0.15, -0.1) is 0 Å². The van der Waals surface area contributed by atoms with Gasteiger partial charge in [0.05, 0.1) is 0 Å². The second-order valence-corrected chi connectivity index (χ2v) is 5.92. The molecule has 0 aliphatic heterocycles. The molecule has 0 bridgehead atoms. The van der Waals surface area contributed by atoms with Crippen LogP contribution in [0.1, 0.15) is 50.8 Å². The average molecular weight is 261 g/mol. The third-order valence-electron chi connectivity index (χ3n) is 4.34. The third-order valence-corrected chi connectivity index (χ3v) is 4.34. The van der Waals surface area contributed by atoms with Crippen molar-refractivity contribution in [3.05, 3.63) is 23.4 Å². The summed E-state index contributed by atoms with van der Waals surface area (Å²) in [5, 5.41) is 0. The summed E-state index contributed by atoms with van der Waals surface area (Å²) in [4.78, 5) is 7.14. The first kappa shape index (κ1) is 14.3. The van der Waals surface area contributed by atoms with Crippen molar-refractivity contribution in [3.63, 3.8) is 0 Å². The molecule has 0 radical (unpaired) electrons. The van der Waals surface area contributed by atoms with Crippen molar-refractivity contribution in [2.24, 2.45) is 11.7 Å². The predicted molar refractivity (Wildman–Crippen MR) is 81.3 cm³/mol. The Morgan fingerprint density at radius 3 is 2.79 bits per heavy atom. The largest absolute Gasteiger partial charge is 0.357 e. The molecule has 3 heteroatoms. The minimum absolute atomic E-state index is 0.595. The summed E-state index contributed by atoms with van der Waals surface area (Å²) in [5.74, 6) is 1.93. The van der Waals surface area contributed by atoms with Gasteiger partial charge in [0.25, 0.3) is 0 Å². The van der Waals surface area contributed by atoms with Gasteiger partial charge in [-0.05, 0) is 42.9 Å². The Bertz CT molecular complexity index is 394. The topological polar surface area (TPSA) is 42.1 Å². The van der Waals surface area contributed by atoms with Gasteiger partial charge in [0.2, 0.25) is 0 Å². The van der Waals surface area contributed by atoms with Crippen LogP contribution < -0.4 is 10.6 Å². The normalized spacial score (nSPS) is 23.4. The number of rotatable bonds is 4. The van der Waals surface area contributed by atoms with Crippen LogP contribution >= 0.6 is 0 Å². The lowest BCUT2D eigenvalue weighted by Crippen LogP contribution is -2.36. The van der Waals surface area contributed by atoms with Crippen LogP contribution in [0.15, 0.2) is 12.1 Å². The highest BCUT2D eigenvalue weighted by Gasteiger charge is 2.23. The number of nitrogens with two attached hydrogens (primary N) is 1. The summed E-state index contributed by atoms with van der Waals surface area (Å²) >= 11 is 0. The van der Waals surface area contributed by atoms with Crippen LogP contribution in [0.2, 0.25) is 0 Å². The Labute approximate surface area is 117 Å². The van der Waals surface area contributed by atoms with Crippen molar-refractivity contribution in [2.45, 2.75) is 58.5 Å². The molecule has 1 fully saturated rings. The highest BCUT2D eigenvalue weighted by Crippen LogP contribution is 2.29. The van der Waals surface area contributed by atoms with Crippen LogP contribution in [0.5, 0.6) is 0 Å². The predicted octanol–water partition coefficient (Wildman–Crippen LogP) is 3.12. The van der Waals surface area contributed by atoms with E-state index in [2.05, 4.69) is 37.9 Å². The number of aromatic nitrogens is 1. The second-order valence-electron chi connectivity index (χ2n) is 5.92. The fourth-order valence-electron chi connectivity index (χ4n) is 3.05. The van der Waals surface area contributed by atoms with E-state index in [1.165, 1.54) is 31.2 Å². The molecule has 2 N–H and O–H groups in total. The minimum atomic E-state index is 0.595. The number of nitrogens with zero attached hydrogens (tertiary/aromatic N) is 2. The number of aryl methyl sites for hydroxylation is 1. The molecule has 106 valence electrons. The van der Waals surface area contributed by atoms with Crippen molar-refractivity contribution in [1.29, 1.82) is 0 Å². The Morgan fingerprint density at radius 1 is 1.37 bits per heavy atom. The van der Waals surface area contributed by atoms with Crippen molar-refractivity contribution in [1.82, 2.24) is 4.98 Å². The number of hydrogen-bond acceptors (Lipinski definition) is 3. The first-order valence-corrected chi connectivity index (χ1v) is 7.56. The standard InChI is InChI=1S/C16H27N3/c1-4-14-9-13(11-17)10-16(18-14)19(3)15-7-5-6-12(2)8-15/h9-10,12,15H,4-8,11,17H2,1-3H3. The molecule has 0 spiro atoms. The molecule has 2 atom stereocenters. The van der Waals surface area contributed by atoms with Gasteiger partial charge in [0.15, 0.2) is 0 Å². The van der Waals surface area contributed by atoms with Crippen LogP contribution in [0.25, 0.3) is 0 Å². The summed E-state index contributed by atoms with van der Waals surface area (Å²) in [6.45, 7) is 5.10. The van der Waals surface area contributed by atoms with E-state index in [1.807, 2.05) is 0 Å². The maximum atomic E-state index is 5.80. The highest BCUT2D eigenvalue weighted by molar-refractivity contribution is 5.43. The van der Waals surface area contributed by atoms with Crippen LogP contribution in [0, 0.1) is 5.92 Å². The van der Waals surface area contributed by atoms with Gasteiger partial charge in [0, 0.05) is 25.3 Å². The summed E-state index contributed by atoms with van der Waals surface area (Å²) in [6, 6.07) is 4.91. The van der Waals surface area contributed by atoms with E-state index in [1.54, 1.807) is 0 Å². The van der Waals surface area contributed by atoms with Gasteiger partial charge < -0.3 is 10.6 Å². The van der Waals surface area contributed by atoms with E-state index in [0.29, 0.717) is 12.6 Å². The average Bonchev–Trinajstić information content (AvgIpc) is 2.45. The number of hydrogen-bond donors (Lipinski definition) is 1. The fraction of sp³-hybridized carbons (Fsp3) is 0.688. The summed E-state index contributed by atoms with van der Waals surface area (Å²) in [7, 11) is 2.19. The summed E-state index contributed by atoms with van der Waals surface area (Å²) in [6.07, 6.45) is 6.26. The maximum Gasteiger partial charge on any atom is 0.129 e. The van der Waals surface area contributed by atoms with Gasteiger partial charge >= 0.3 is 0 Å². The molecule has 0 aromatic carbocycles. The summed E-state index contributed by atoms with van der Waals surface area (Å²) < 4.78 is 0. The monoisotopic (exact) mass is 261 g/mol. The molecule has 1 aromatic heterocycles. The first-order chi connectivity index (χ1) is 9.13. The van der Waals surface area contributed by atoms with E-state index in [4.69, 9.17) is 10.7 Å². The molecule has 2 rings (SSSR count). The van der Waals surface area contributed by atoms with Crippen molar-refractivity contribution >= 4 is 5.82 Å². The lowest BCUT2D eigenvalue weighted by molar-refractivity contribution is 0.335. The summed E-state index contributed by atoms with van der Waals surface area (Å²) in [5.41, 5.74) is 8.14. The van der Waals surface area contributed by atoms with Gasteiger partial charge in [-0.2, -0.15) is 0 Å². The van der Waals surface area contributed by atoms with E-state index < -0.39 is 0 Å². The zero-order chi connectivity index (χ0) is 13.8. The molecular formula is C16H27N3. The first-order valence-electron chi connectivity index (χ1n) is 7.56. The molecule has 2 unspecified atom stereocenters. The molecule has 1 aliphatic rings. The molecule has 19 heavy (non-hydrogen) atoms. The molecule has 0 amide bonds. The molecular weight excluding hydrogens is 234 g/mol. The molecule has 0 saturated heterocycles. The van der Waals surface area contributed by atoms with E-state index in [9.17, 15) is 0 Å². The van der Waals surface area contributed by atoms with Gasteiger partial charge in [0.1, 0.15) is 5.82 Å². The minimum Gasteiger partial charge on any atom is -0.357 e. The maximum absolute atomic E-state index is 5.80. The number of anilines is 1. The Kier molecular flexibility index (Phi) is 4.81. The molecule has 1 aromatic rings. The van der Waals surface area contributed by atoms with Crippen molar-refractivity contribution in [2.75, 3.05) is 11.9 Å².